The predicted octanol–water partition coefficient (Wildman–Crippen LogP) is 3.16. The number of carbonyl (C=O) groups excluding carboxylic acids is 2. The molecule has 0 fully saturated rings. The van der Waals surface area contributed by atoms with Crippen LogP contribution >= 0.6 is 0 Å². The summed E-state index contributed by atoms with van der Waals surface area (Å²) in [7, 11) is 0. The van der Waals surface area contributed by atoms with Crippen molar-refractivity contribution in [1.29, 1.82) is 0 Å². The summed E-state index contributed by atoms with van der Waals surface area (Å²) in [6.45, 7) is 0.601. The van der Waals surface area contributed by atoms with Gasteiger partial charge in [0, 0.05) is 17.5 Å². The SMILES string of the molecule is O=C(CN1C(=O)c2cccc3cccc1c23)NCCc1ccccc1. The van der Waals surface area contributed by atoms with Gasteiger partial charge in [0.1, 0.15) is 6.54 Å². The van der Waals surface area contributed by atoms with Gasteiger partial charge in [0.15, 0.2) is 0 Å². The summed E-state index contributed by atoms with van der Waals surface area (Å²) < 4.78 is 0. The van der Waals surface area contributed by atoms with Crippen molar-refractivity contribution < 1.29 is 9.59 Å². The van der Waals surface area contributed by atoms with Crippen LogP contribution in [0.25, 0.3) is 10.8 Å². The van der Waals surface area contributed by atoms with Gasteiger partial charge >= 0.3 is 0 Å². The molecule has 0 unspecified atom stereocenters. The van der Waals surface area contributed by atoms with Crippen LogP contribution < -0.4 is 10.2 Å². The van der Waals surface area contributed by atoms with Crippen molar-refractivity contribution in [3.05, 3.63) is 77.9 Å². The molecule has 0 aliphatic carbocycles. The Bertz CT molecular complexity index is 945. The molecule has 2 amide bonds. The Kier molecular flexibility index (Phi) is 3.94. The molecule has 4 rings (SSSR count). The quantitative estimate of drug-likeness (QED) is 0.781. The highest BCUT2D eigenvalue weighted by molar-refractivity contribution is 6.26. The van der Waals surface area contributed by atoms with Crippen molar-refractivity contribution in [2.75, 3.05) is 18.0 Å². The van der Waals surface area contributed by atoms with Gasteiger partial charge in [-0.25, -0.2) is 0 Å². The monoisotopic (exact) mass is 330 g/mol. The molecule has 0 aromatic heterocycles. The Morgan fingerprint density at radius 1 is 0.920 bits per heavy atom. The van der Waals surface area contributed by atoms with E-state index < -0.39 is 0 Å². The van der Waals surface area contributed by atoms with Gasteiger partial charge in [-0.05, 0) is 29.5 Å². The fourth-order valence-corrected chi connectivity index (χ4v) is 3.33. The predicted molar refractivity (Wildman–Crippen MR) is 98.8 cm³/mol. The second-order valence-electron chi connectivity index (χ2n) is 6.16. The molecule has 0 atom stereocenters. The van der Waals surface area contributed by atoms with Crippen LogP contribution in [0.15, 0.2) is 66.7 Å². The van der Waals surface area contributed by atoms with E-state index in [9.17, 15) is 9.59 Å². The number of anilines is 1. The smallest absolute Gasteiger partial charge is 0.259 e. The lowest BCUT2D eigenvalue weighted by molar-refractivity contribution is -0.119. The van der Waals surface area contributed by atoms with E-state index in [2.05, 4.69) is 5.32 Å². The lowest BCUT2D eigenvalue weighted by Gasteiger charge is -2.17. The summed E-state index contributed by atoms with van der Waals surface area (Å²) in [5.41, 5.74) is 2.67. The fraction of sp³-hybridized carbons (Fsp3) is 0.143. The number of hydrogen-bond acceptors (Lipinski definition) is 2. The minimum atomic E-state index is -0.144. The van der Waals surface area contributed by atoms with Crippen LogP contribution in [-0.4, -0.2) is 24.9 Å². The molecule has 0 spiro atoms. The number of hydrogen-bond donors (Lipinski definition) is 1. The molecular weight excluding hydrogens is 312 g/mol. The molecule has 0 bridgehead atoms. The average Bonchev–Trinajstić information content (AvgIpc) is 2.91. The molecule has 4 heteroatoms. The summed E-state index contributed by atoms with van der Waals surface area (Å²) in [6.07, 6.45) is 0.774. The Labute approximate surface area is 146 Å². The van der Waals surface area contributed by atoms with Gasteiger partial charge in [0.2, 0.25) is 5.91 Å². The number of carbonyl (C=O) groups is 2. The molecule has 1 heterocycles. The normalized spacial score (nSPS) is 12.6. The first-order valence-corrected chi connectivity index (χ1v) is 8.38. The van der Waals surface area contributed by atoms with E-state index in [-0.39, 0.29) is 18.4 Å². The third-order valence-corrected chi connectivity index (χ3v) is 4.53. The van der Waals surface area contributed by atoms with Gasteiger partial charge in [-0.2, -0.15) is 0 Å². The Morgan fingerprint density at radius 2 is 1.68 bits per heavy atom. The van der Waals surface area contributed by atoms with Gasteiger partial charge in [-0.3, -0.25) is 14.5 Å². The van der Waals surface area contributed by atoms with Crippen molar-refractivity contribution in [2.24, 2.45) is 0 Å². The summed E-state index contributed by atoms with van der Waals surface area (Å²) >= 11 is 0. The van der Waals surface area contributed by atoms with E-state index in [0.717, 1.165) is 22.9 Å². The summed E-state index contributed by atoms with van der Waals surface area (Å²) in [5.74, 6) is -0.251. The largest absolute Gasteiger partial charge is 0.354 e. The van der Waals surface area contributed by atoms with Gasteiger partial charge in [0.05, 0.1) is 5.69 Å². The standard InChI is InChI=1S/C21H18N2O2/c24-19(22-13-12-15-6-2-1-3-7-15)14-23-18-11-5-9-16-8-4-10-17(20(16)18)21(23)25/h1-11H,12-14H2,(H,22,24). The topological polar surface area (TPSA) is 49.4 Å². The molecule has 25 heavy (non-hydrogen) atoms. The second kappa shape index (κ2) is 6.40. The van der Waals surface area contributed by atoms with E-state index in [1.54, 1.807) is 4.90 Å². The van der Waals surface area contributed by atoms with Crippen LogP contribution in [0.5, 0.6) is 0 Å². The molecule has 3 aromatic carbocycles. The third-order valence-electron chi connectivity index (χ3n) is 4.53. The molecule has 0 saturated carbocycles. The van der Waals surface area contributed by atoms with E-state index >= 15 is 0 Å². The summed E-state index contributed by atoms with van der Waals surface area (Å²) in [6, 6.07) is 21.5. The van der Waals surface area contributed by atoms with E-state index in [1.807, 2.05) is 66.7 Å². The third kappa shape index (κ3) is 2.87. The molecule has 0 radical (unpaired) electrons. The van der Waals surface area contributed by atoms with Gasteiger partial charge < -0.3 is 5.32 Å². The van der Waals surface area contributed by atoms with Crippen LogP contribution in [0.3, 0.4) is 0 Å². The average molecular weight is 330 g/mol. The maximum atomic E-state index is 12.7. The molecule has 124 valence electrons. The van der Waals surface area contributed by atoms with Crippen molar-refractivity contribution in [2.45, 2.75) is 6.42 Å². The zero-order valence-electron chi connectivity index (χ0n) is 13.7. The highest BCUT2D eigenvalue weighted by Gasteiger charge is 2.30. The highest BCUT2D eigenvalue weighted by Crippen LogP contribution is 2.36. The molecule has 1 aliphatic rings. The maximum Gasteiger partial charge on any atom is 0.259 e. The van der Waals surface area contributed by atoms with Crippen LogP contribution in [-0.2, 0) is 11.2 Å². The van der Waals surface area contributed by atoms with E-state index in [1.165, 1.54) is 5.56 Å². The fourth-order valence-electron chi connectivity index (χ4n) is 3.33. The molecule has 0 saturated heterocycles. The van der Waals surface area contributed by atoms with Gasteiger partial charge in [-0.15, -0.1) is 0 Å². The maximum absolute atomic E-state index is 12.7. The number of benzene rings is 3. The molecular formula is C21H18N2O2. The zero-order valence-corrected chi connectivity index (χ0v) is 13.7. The summed E-state index contributed by atoms with van der Waals surface area (Å²) in [5, 5.41) is 4.87. The molecule has 1 N–H and O–H groups in total. The number of nitrogens with one attached hydrogen (secondary N) is 1. The van der Waals surface area contributed by atoms with Crippen molar-refractivity contribution in [3.63, 3.8) is 0 Å². The van der Waals surface area contributed by atoms with Gasteiger partial charge in [-0.1, -0.05) is 54.6 Å². The van der Waals surface area contributed by atoms with Crippen molar-refractivity contribution in [1.82, 2.24) is 5.32 Å². The zero-order chi connectivity index (χ0) is 17.2. The lowest BCUT2D eigenvalue weighted by Crippen LogP contribution is -2.39. The second-order valence-corrected chi connectivity index (χ2v) is 6.16. The van der Waals surface area contributed by atoms with Crippen LogP contribution in [0.4, 0.5) is 5.69 Å². The van der Waals surface area contributed by atoms with Crippen LogP contribution in [0, 0.1) is 0 Å². The Hall–Kier alpha value is -3.14. The molecule has 1 aliphatic heterocycles. The first kappa shape index (κ1) is 15.4. The minimum absolute atomic E-state index is 0.0431. The summed E-state index contributed by atoms with van der Waals surface area (Å²) in [4.78, 5) is 26.5. The number of nitrogens with zero attached hydrogens (tertiary/aromatic N) is 1. The van der Waals surface area contributed by atoms with Crippen molar-refractivity contribution >= 4 is 28.3 Å². The van der Waals surface area contributed by atoms with Crippen molar-refractivity contribution in [3.8, 4) is 0 Å². The first-order chi connectivity index (χ1) is 12.2. The van der Waals surface area contributed by atoms with E-state index in [0.29, 0.717) is 12.1 Å². The van der Waals surface area contributed by atoms with E-state index in [4.69, 9.17) is 0 Å². The number of rotatable bonds is 5. The highest BCUT2D eigenvalue weighted by atomic mass is 16.2. The van der Waals surface area contributed by atoms with Crippen LogP contribution in [0.2, 0.25) is 0 Å². The lowest BCUT2D eigenvalue weighted by atomic mass is 10.1. The minimum Gasteiger partial charge on any atom is -0.354 e. The van der Waals surface area contributed by atoms with Crippen LogP contribution in [0.1, 0.15) is 15.9 Å². The molecule has 3 aromatic rings. The Morgan fingerprint density at radius 3 is 2.48 bits per heavy atom. The Balaban J connectivity index is 1.44. The first-order valence-electron chi connectivity index (χ1n) is 8.38. The van der Waals surface area contributed by atoms with Gasteiger partial charge in [0.25, 0.3) is 5.91 Å². The number of amides is 2. The molecule has 4 nitrogen and oxygen atoms in total.